The van der Waals surface area contributed by atoms with Gasteiger partial charge in [-0.05, 0) is 28.3 Å². The van der Waals surface area contributed by atoms with Gasteiger partial charge in [0.15, 0.2) is 0 Å². The number of hydrogen-bond donors (Lipinski definition) is 2. The summed E-state index contributed by atoms with van der Waals surface area (Å²) in [5.74, 6) is 0.592. The third-order valence-electron chi connectivity index (χ3n) is 3.99. The van der Waals surface area contributed by atoms with Gasteiger partial charge in [0, 0.05) is 12.1 Å². The molecule has 2 aromatic carbocycles. The number of aryl methyl sites for hydroxylation is 1. The van der Waals surface area contributed by atoms with Crippen LogP contribution in [-0.4, -0.2) is 30.8 Å². The first-order chi connectivity index (χ1) is 12.8. The number of nitrogens with zero attached hydrogens (tertiary/aromatic N) is 5. The molecule has 0 radical (unpaired) electrons. The zero-order valence-corrected chi connectivity index (χ0v) is 16.2. The number of aromatic nitrogens is 6. The lowest BCUT2D eigenvalue weighted by Gasteiger charge is -2.08. The third kappa shape index (κ3) is 4.29. The van der Waals surface area contributed by atoms with Crippen molar-refractivity contribution in [2.75, 3.05) is 5.32 Å². The van der Waals surface area contributed by atoms with Crippen LogP contribution in [0.2, 0.25) is 0 Å². The first-order valence-corrected chi connectivity index (χ1v) is 9.13. The Kier molecular flexibility index (Phi) is 6.10. The first-order valence-electron chi connectivity index (χ1n) is 8.32. The summed E-state index contributed by atoms with van der Waals surface area (Å²) < 4.78 is 0. The summed E-state index contributed by atoms with van der Waals surface area (Å²) >= 11 is 1.60. The van der Waals surface area contributed by atoms with Crippen molar-refractivity contribution in [2.45, 2.75) is 19.9 Å². The Morgan fingerprint density at radius 3 is 2.41 bits per heavy atom. The molecule has 0 aliphatic heterocycles. The standard InChI is InChI=1S/C18H17N7S.ClH/c1-2-16-20-23-18(26-16)19-11-12-7-9-13(10-8-12)14-5-3-4-6-15(14)17-21-24-25-22-17;/h3-10H,2,11H2,1H3,(H,19,23)(H,21,22,24,25);1H. The second-order valence-electron chi connectivity index (χ2n) is 5.69. The summed E-state index contributed by atoms with van der Waals surface area (Å²) in [4.78, 5) is 0. The summed E-state index contributed by atoms with van der Waals surface area (Å²) in [7, 11) is 0. The van der Waals surface area contributed by atoms with Gasteiger partial charge < -0.3 is 5.32 Å². The van der Waals surface area contributed by atoms with Gasteiger partial charge in [-0.25, -0.2) is 0 Å². The number of tetrazole rings is 1. The van der Waals surface area contributed by atoms with Crippen LogP contribution in [0, 0.1) is 0 Å². The molecular formula is C18H18ClN7S. The fourth-order valence-electron chi connectivity index (χ4n) is 2.65. The molecule has 0 spiro atoms. The molecule has 27 heavy (non-hydrogen) atoms. The smallest absolute Gasteiger partial charge is 0.205 e. The first kappa shape index (κ1) is 18.9. The minimum Gasteiger partial charge on any atom is -0.356 e. The van der Waals surface area contributed by atoms with Crippen LogP contribution in [0.15, 0.2) is 48.5 Å². The maximum absolute atomic E-state index is 4.14. The van der Waals surface area contributed by atoms with Crippen LogP contribution < -0.4 is 5.32 Å². The number of H-pyrrole nitrogens is 1. The summed E-state index contributed by atoms with van der Waals surface area (Å²) in [5.41, 5.74) is 4.32. The lowest BCUT2D eigenvalue weighted by atomic mass is 9.98. The lowest BCUT2D eigenvalue weighted by molar-refractivity contribution is 0.881. The predicted molar refractivity (Wildman–Crippen MR) is 109 cm³/mol. The summed E-state index contributed by atoms with van der Waals surface area (Å²) in [6.45, 7) is 2.79. The van der Waals surface area contributed by atoms with E-state index in [2.05, 4.69) is 73.4 Å². The van der Waals surface area contributed by atoms with Crippen LogP contribution >= 0.6 is 23.7 Å². The molecule has 138 valence electrons. The number of nitrogens with one attached hydrogen (secondary N) is 2. The van der Waals surface area contributed by atoms with Crippen molar-refractivity contribution in [2.24, 2.45) is 0 Å². The van der Waals surface area contributed by atoms with Crippen LogP contribution in [0.25, 0.3) is 22.5 Å². The van der Waals surface area contributed by atoms with Crippen LogP contribution in [-0.2, 0) is 13.0 Å². The van der Waals surface area contributed by atoms with Gasteiger partial charge in [0.25, 0.3) is 0 Å². The van der Waals surface area contributed by atoms with E-state index in [0.29, 0.717) is 12.4 Å². The molecule has 0 saturated carbocycles. The van der Waals surface area contributed by atoms with Crippen molar-refractivity contribution in [3.8, 4) is 22.5 Å². The summed E-state index contributed by atoms with van der Waals surface area (Å²) in [6, 6.07) is 16.5. The van der Waals surface area contributed by atoms with E-state index in [0.717, 1.165) is 33.3 Å². The molecule has 9 heteroatoms. The molecule has 0 amide bonds. The molecule has 0 aliphatic carbocycles. The van der Waals surface area contributed by atoms with Crippen molar-refractivity contribution >= 4 is 28.9 Å². The molecule has 7 nitrogen and oxygen atoms in total. The van der Waals surface area contributed by atoms with E-state index in [1.54, 1.807) is 11.3 Å². The van der Waals surface area contributed by atoms with Crippen LogP contribution in [0.3, 0.4) is 0 Å². The number of halogens is 1. The average molecular weight is 400 g/mol. The maximum atomic E-state index is 4.14. The van der Waals surface area contributed by atoms with Gasteiger partial charge in [-0.2, -0.15) is 5.21 Å². The van der Waals surface area contributed by atoms with E-state index >= 15 is 0 Å². The van der Waals surface area contributed by atoms with Gasteiger partial charge in [0.1, 0.15) is 5.01 Å². The second kappa shape index (κ2) is 8.70. The molecule has 4 rings (SSSR count). The Labute approximate surface area is 166 Å². The SMILES string of the molecule is CCc1nnc(NCc2ccc(-c3ccccc3-c3nn[nH]n3)cc2)s1.Cl. The highest BCUT2D eigenvalue weighted by Crippen LogP contribution is 2.29. The van der Waals surface area contributed by atoms with Crippen LogP contribution in [0.4, 0.5) is 5.13 Å². The number of benzene rings is 2. The Morgan fingerprint density at radius 2 is 1.74 bits per heavy atom. The molecule has 0 fully saturated rings. The van der Waals surface area contributed by atoms with Gasteiger partial charge in [-0.15, -0.1) is 32.8 Å². The minimum absolute atomic E-state index is 0. The number of hydrogen-bond acceptors (Lipinski definition) is 7. The zero-order valence-electron chi connectivity index (χ0n) is 14.6. The normalized spacial score (nSPS) is 10.4. The van der Waals surface area contributed by atoms with E-state index < -0.39 is 0 Å². The van der Waals surface area contributed by atoms with Gasteiger partial charge >= 0.3 is 0 Å². The van der Waals surface area contributed by atoms with Crippen molar-refractivity contribution in [3.05, 3.63) is 59.1 Å². The van der Waals surface area contributed by atoms with Gasteiger partial charge in [0.2, 0.25) is 11.0 Å². The quantitative estimate of drug-likeness (QED) is 0.509. The Bertz CT molecular complexity index is 983. The molecule has 0 atom stereocenters. The fraction of sp³-hybridized carbons (Fsp3) is 0.167. The van der Waals surface area contributed by atoms with Crippen LogP contribution in [0.1, 0.15) is 17.5 Å². The highest BCUT2D eigenvalue weighted by molar-refractivity contribution is 7.15. The molecule has 0 aliphatic rings. The highest BCUT2D eigenvalue weighted by atomic mass is 35.5. The molecule has 2 aromatic heterocycles. The summed E-state index contributed by atoms with van der Waals surface area (Å²) in [5, 5.41) is 27.8. The molecule has 0 unspecified atom stereocenters. The van der Waals surface area contributed by atoms with E-state index in [1.807, 2.05) is 18.2 Å². The molecule has 2 N–H and O–H groups in total. The van der Waals surface area contributed by atoms with Gasteiger partial charge in [0.05, 0.1) is 0 Å². The predicted octanol–water partition coefficient (Wildman–Crippen LogP) is 3.98. The molecule has 0 bridgehead atoms. The Hall–Kier alpha value is -2.84. The van der Waals surface area contributed by atoms with Crippen molar-refractivity contribution in [1.82, 2.24) is 30.8 Å². The Balaban J connectivity index is 0.00000210. The molecular weight excluding hydrogens is 382 g/mol. The fourth-order valence-corrected chi connectivity index (χ4v) is 3.33. The number of aromatic amines is 1. The van der Waals surface area contributed by atoms with Gasteiger partial charge in [-0.1, -0.05) is 66.8 Å². The van der Waals surface area contributed by atoms with Crippen molar-refractivity contribution in [1.29, 1.82) is 0 Å². The monoisotopic (exact) mass is 399 g/mol. The van der Waals surface area contributed by atoms with E-state index in [1.165, 1.54) is 5.56 Å². The van der Waals surface area contributed by atoms with Crippen molar-refractivity contribution < 1.29 is 0 Å². The van der Waals surface area contributed by atoms with E-state index in [9.17, 15) is 0 Å². The molecule has 0 saturated heterocycles. The summed E-state index contributed by atoms with van der Waals surface area (Å²) in [6.07, 6.45) is 0.911. The lowest BCUT2D eigenvalue weighted by Crippen LogP contribution is -1.98. The van der Waals surface area contributed by atoms with E-state index in [4.69, 9.17) is 0 Å². The number of anilines is 1. The van der Waals surface area contributed by atoms with E-state index in [-0.39, 0.29) is 12.4 Å². The highest BCUT2D eigenvalue weighted by Gasteiger charge is 2.10. The molecule has 4 aromatic rings. The average Bonchev–Trinajstić information content (AvgIpc) is 3.39. The third-order valence-corrected chi connectivity index (χ3v) is 5.02. The maximum Gasteiger partial charge on any atom is 0.205 e. The van der Waals surface area contributed by atoms with Crippen molar-refractivity contribution in [3.63, 3.8) is 0 Å². The number of rotatable bonds is 6. The minimum atomic E-state index is 0. The van der Waals surface area contributed by atoms with Gasteiger partial charge in [-0.3, -0.25) is 0 Å². The Morgan fingerprint density at radius 1 is 0.963 bits per heavy atom. The zero-order chi connectivity index (χ0) is 17.8. The second-order valence-corrected chi connectivity index (χ2v) is 6.75. The topological polar surface area (TPSA) is 92.3 Å². The molecule has 2 heterocycles. The van der Waals surface area contributed by atoms with Crippen LogP contribution in [0.5, 0.6) is 0 Å². The largest absolute Gasteiger partial charge is 0.356 e.